The van der Waals surface area contributed by atoms with Crippen molar-refractivity contribution in [1.29, 1.82) is 0 Å². The summed E-state index contributed by atoms with van der Waals surface area (Å²) in [4.78, 5) is 37.9. The van der Waals surface area contributed by atoms with Gasteiger partial charge >= 0.3 is 0 Å². The molecule has 0 spiro atoms. The Bertz CT molecular complexity index is 919. The minimum atomic E-state index is -0.225. The smallest absolute Gasteiger partial charge is 0.261 e. The molecule has 0 atom stereocenters. The molecule has 30 heavy (non-hydrogen) atoms. The number of imide groups is 1. The van der Waals surface area contributed by atoms with Gasteiger partial charge in [-0.1, -0.05) is 30.2 Å². The highest BCUT2D eigenvalue weighted by Gasteiger charge is 2.34. The maximum atomic E-state index is 12.3. The SMILES string of the molecule is Cc1nn(CCCNC(=O)CCCCCN2C(=O)c3ccccc3C2=O)c(C)c1Cl. The van der Waals surface area contributed by atoms with Crippen LogP contribution in [-0.4, -0.2) is 45.5 Å². The van der Waals surface area contributed by atoms with Gasteiger partial charge in [-0.25, -0.2) is 0 Å². The number of carbonyl (C=O) groups excluding carboxylic acids is 3. The Labute approximate surface area is 181 Å². The van der Waals surface area contributed by atoms with Crippen LogP contribution >= 0.6 is 11.6 Å². The fourth-order valence-electron chi connectivity index (χ4n) is 3.61. The van der Waals surface area contributed by atoms with Crippen molar-refractivity contribution in [2.75, 3.05) is 13.1 Å². The van der Waals surface area contributed by atoms with Gasteiger partial charge in [-0.15, -0.1) is 0 Å². The maximum Gasteiger partial charge on any atom is 0.261 e. The van der Waals surface area contributed by atoms with Crippen LogP contribution in [0.15, 0.2) is 24.3 Å². The van der Waals surface area contributed by atoms with E-state index in [2.05, 4.69) is 10.4 Å². The fraction of sp³-hybridized carbons (Fsp3) is 0.455. The summed E-state index contributed by atoms with van der Waals surface area (Å²) in [6.45, 7) is 5.49. The van der Waals surface area contributed by atoms with E-state index in [4.69, 9.17) is 11.6 Å². The van der Waals surface area contributed by atoms with Gasteiger partial charge in [0.1, 0.15) is 0 Å². The molecule has 1 aliphatic rings. The van der Waals surface area contributed by atoms with Gasteiger partial charge in [-0.3, -0.25) is 24.0 Å². The number of nitrogens with one attached hydrogen (secondary N) is 1. The van der Waals surface area contributed by atoms with Gasteiger partial charge in [0, 0.05) is 26.1 Å². The normalized spacial score (nSPS) is 13.1. The van der Waals surface area contributed by atoms with Crippen LogP contribution in [0.25, 0.3) is 0 Å². The lowest BCUT2D eigenvalue weighted by Crippen LogP contribution is -2.30. The van der Waals surface area contributed by atoms with Crippen LogP contribution in [0.3, 0.4) is 0 Å². The summed E-state index contributed by atoms with van der Waals surface area (Å²) in [6.07, 6.45) is 3.42. The number of nitrogens with zero attached hydrogens (tertiary/aromatic N) is 3. The number of aromatic nitrogens is 2. The van der Waals surface area contributed by atoms with Gasteiger partial charge in [-0.05, 0) is 45.2 Å². The van der Waals surface area contributed by atoms with Gasteiger partial charge in [-0.2, -0.15) is 5.10 Å². The average molecular weight is 431 g/mol. The van der Waals surface area contributed by atoms with Crippen molar-refractivity contribution < 1.29 is 14.4 Å². The topological polar surface area (TPSA) is 84.3 Å². The van der Waals surface area contributed by atoms with E-state index in [0.29, 0.717) is 48.6 Å². The zero-order chi connectivity index (χ0) is 21.7. The summed E-state index contributed by atoms with van der Waals surface area (Å²) in [7, 11) is 0. The number of aryl methyl sites for hydroxylation is 2. The number of unbranched alkanes of at least 4 members (excludes halogenated alkanes) is 2. The Hall–Kier alpha value is -2.67. The molecule has 2 aromatic rings. The van der Waals surface area contributed by atoms with Crippen molar-refractivity contribution in [2.45, 2.75) is 52.5 Å². The van der Waals surface area contributed by atoms with Crippen molar-refractivity contribution in [3.63, 3.8) is 0 Å². The zero-order valence-corrected chi connectivity index (χ0v) is 18.2. The predicted octanol–water partition coefficient (Wildman–Crippen LogP) is 3.52. The molecule has 1 aromatic carbocycles. The van der Waals surface area contributed by atoms with Crippen molar-refractivity contribution in [3.8, 4) is 0 Å². The van der Waals surface area contributed by atoms with E-state index in [1.54, 1.807) is 24.3 Å². The first kappa shape index (κ1) is 22.0. The Balaban J connectivity index is 1.28. The second-order valence-electron chi connectivity index (χ2n) is 7.53. The standard InChI is InChI=1S/C22H27ClN4O3/c1-15-20(23)16(2)27(25-15)14-8-12-24-19(28)11-4-3-7-13-26-21(29)17-9-5-6-10-18(17)22(26)30/h5-6,9-10H,3-4,7-8,11-14H2,1-2H3,(H,24,28). The Morgan fingerprint density at radius 3 is 2.27 bits per heavy atom. The molecule has 1 aliphatic heterocycles. The highest BCUT2D eigenvalue weighted by atomic mass is 35.5. The summed E-state index contributed by atoms with van der Waals surface area (Å²) in [6, 6.07) is 6.89. The molecular weight excluding hydrogens is 404 g/mol. The van der Waals surface area contributed by atoms with Gasteiger partial charge in [0.05, 0.1) is 27.5 Å². The molecule has 0 unspecified atom stereocenters. The number of benzene rings is 1. The third-order valence-electron chi connectivity index (χ3n) is 5.33. The molecule has 1 N–H and O–H groups in total. The van der Waals surface area contributed by atoms with Crippen molar-refractivity contribution in [1.82, 2.24) is 20.0 Å². The van der Waals surface area contributed by atoms with Crippen LogP contribution in [0.2, 0.25) is 5.02 Å². The molecule has 8 heteroatoms. The second kappa shape index (κ2) is 9.89. The van der Waals surface area contributed by atoms with Crippen LogP contribution in [0, 0.1) is 13.8 Å². The second-order valence-corrected chi connectivity index (χ2v) is 7.91. The Morgan fingerprint density at radius 2 is 1.67 bits per heavy atom. The third kappa shape index (κ3) is 4.90. The van der Waals surface area contributed by atoms with E-state index < -0.39 is 0 Å². The minimum absolute atomic E-state index is 0.0159. The van der Waals surface area contributed by atoms with Crippen LogP contribution in [0.4, 0.5) is 0 Å². The zero-order valence-electron chi connectivity index (χ0n) is 17.4. The lowest BCUT2D eigenvalue weighted by molar-refractivity contribution is -0.121. The predicted molar refractivity (Wildman–Crippen MR) is 115 cm³/mol. The fourth-order valence-corrected chi connectivity index (χ4v) is 3.75. The molecule has 0 saturated carbocycles. The molecular formula is C22H27ClN4O3. The summed E-state index contributed by atoms with van der Waals surface area (Å²) < 4.78 is 1.86. The number of amides is 3. The summed E-state index contributed by atoms with van der Waals surface area (Å²) in [5.74, 6) is -0.434. The van der Waals surface area contributed by atoms with E-state index >= 15 is 0 Å². The largest absolute Gasteiger partial charge is 0.356 e. The number of hydrogen-bond acceptors (Lipinski definition) is 4. The molecule has 0 aliphatic carbocycles. The first-order valence-electron chi connectivity index (χ1n) is 10.3. The van der Waals surface area contributed by atoms with E-state index in [-0.39, 0.29) is 17.7 Å². The molecule has 0 radical (unpaired) electrons. The van der Waals surface area contributed by atoms with Crippen molar-refractivity contribution in [3.05, 3.63) is 51.8 Å². The maximum absolute atomic E-state index is 12.3. The quantitative estimate of drug-likeness (QED) is 0.461. The van der Waals surface area contributed by atoms with Gasteiger partial charge < -0.3 is 5.32 Å². The number of carbonyl (C=O) groups is 3. The van der Waals surface area contributed by atoms with Crippen LogP contribution in [0.5, 0.6) is 0 Å². The third-order valence-corrected chi connectivity index (χ3v) is 5.87. The van der Waals surface area contributed by atoms with Gasteiger partial charge in [0.2, 0.25) is 5.91 Å². The highest BCUT2D eigenvalue weighted by molar-refractivity contribution is 6.31. The molecule has 3 amide bonds. The Kier molecular flexibility index (Phi) is 7.26. The molecule has 160 valence electrons. The average Bonchev–Trinajstić information content (AvgIpc) is 3.13. The first-order valence-corrected chi connectivity index (χ1v) is 10.7. The summed E-state index contributed by atoms with van der Waals surface area (Å²) >= 11 is 6.13. The molecule has 1 aromatic heterocycles. The summed E-state index contributed by atoms with van der Waals surface area (Å²) in [5, 5.41) is 7.99. The van der Waals surface area contributed by atoms with E-state index in [0.717, 1.165) is 30.7 Å². The van der Waals surface area contributed by atoms with E-state index in [1.165, 1.54) is 4.90 Å². The lowest BCUT2D eigenvalue weighted by Gasteiger charge is -2.13. The number of fused-ring (bicyclic) bond motifs is 1. The molecule has 0 fully saturated rings. The first-order chi connectivity index (χ1) is 14.4. The number of rotatable bonds is 10. The molecule has 0 bridgehead atoms. The van der Waals surface area contributed by atoms with E-state index in [1.807, 2.05) is 18.5 Å². The van der Waals surface area contributed by atoms with Crippen molar-refractivity contribution >= 4 is 29.3 Å². The monoisotopic (exact) mass is 430 g/mol. The highest BCUT2D eigenvalue weighted by Crippen LogP contribution is 2.23. The van der Waals surface area contributed by atoms with Crippen LogP contribution < -0.4 is 5.32 Å². The van der Waals surface area contributed by atoms with Gasteiger partial charge in [0.15, 0.2) is 0 Å². The molecule has 2 heterocycles. The molecule has 0 saturated heterocycles. The van der Waals surface area contributed by atoms with E-state index in [9.17, 15) is 14.4 Å². The minimum Gasteiger partial charge on any atom is -0.356 e. The van der Waals surface area contributed by atoms with Crippen molar-refractivity contribution in [2.24, 2.45) is 0 Å². The van der Waals surface area contributed by atoms with Gasteiger partial charge in [0.25, 0.3) is 11.8 Å². The van der Waals surface area contributed by atoms with Crippen LogP contribution in [0.1, 0.15) is 64.2 Å². The number of hydrogen-bond donors (Lipinski definition) is 1. The molecule has 7 nitrogen and oxygen atoms in total. The van der Waals surface area contributed by atoms with Crippen LogP contribution in [-0.2, 0) is 11.3 Å². The molecule has 3 rings (SSSR count). The Morgan fingerprint density at radius 1 is 1.00 bits per heavy atom. The summed E-state index contributed by atoms with van der Waals surface area (Å²) in [5.41, 5.74) is 2.71. The lowest BCUT2D eigenvalue weighted by atomic mass is 10.1. The number of halogens is 1.